The van der Waals surface area contributed by atoms with E-state index in [1.807, 2.05) is 31.2 Å². The number of nitrogens with zero attached hydrogens (tertiary/aromatic N) is 4. The molecular formula is C21H21F2N5O3. The summed E-state index contributed by atoms with van der Waals surface area (Å²) in [6.07, 6.45) is 0.713. The number of pyridine rings is 1. The third-order valence-corrected chi connectivity index (χ3v) is 5.30. The van der Waals surface area contributed by atoms with Crippen molar-refractivity contribution >= 4 is 17.8 Å². The molecule has 1 aromatic heterocycles. The normalized spacial score (nSPS) is 19.3. The minimum atomic E-state index is -1.20. The summed E-state index contributed by atoms with van der Waals surface area (Å²) in [7, 11) is 0. The van der Waals surface area contributed by atoms with E-state index in [-0.39, 0.29) is 13.2 Å². The molecule has 1 N–H and O–H groups in total. The predicted molar refractivity (Wildman–Crippen MR) is 107 cm³/mol. The SMILES string of the molecule is Cc1ccc(C2=NN(C(=O)N[C@H](C)c3cnc(F)c(F)c3)C[C@@H]2N2CCOC2=O)cc1. The third-order valence-electron chi connectivity index (χ3n) is 5.30. The first-order valence-corrected chi connectivity index (χ1v) is 9.81. The highest BCUT2D eigenvalue weighted by Crippen LogP contribution is 2.23. The molecule has 2 aliphatic heterocycles. The number of benzene rings is 1. The van der Waals surface area contributed by atoms with Crippen molar-refractivity contribution in [3.05, 3.63) is 65.0 Å². The van der Waals surface area contributed by atoms with Gasteiger partial charge in [-0.05, 0) is 31.0 Å². The van der Waals surface area contributed by atoms with E-state index in [0.29, 0.717) is 17.8 Å². The van der Waals surface area contributed by atoms with Gasteiger partial charge in [-0.2, -0.15) is 9.49 Å². The van der Waals surface area contributed by atoms with E-state index < -0.39 is 36.0 Å². The summed E-state index contributed by atoms with van der Waals surface area (Å²) in [5.74, 6) is -2.29. The van der Waals surface area contributed by atoms with Crippen LogP contribution in [-0.2, 0) is 4.74 Å². The Labute approximate surface area is 177 Å². The number of carbonyl (C=O) groups is 2. The summed E-state index contributed by atoms with van der Waals surface area (Å²) in [5, 5.41) is 8.40. The van der Waals surface area contributed by atoms with Crippen LogP contribution >= 0.6 is 0 Å². The Bertz CT molecular complexity index is 1040. The lowest BCUT2D eigenvalue weighted by Gasteiger charge is -2.23. The van der Waals surface area contributed by atoms with Gasteiger partial charge in [-0.3, -0.25) is 4.90 Å². The van der Waals surface area contributed by atoms with Crippen LogP contribution in [-0.4, -0.2) is 58.5 Å². The third kappa shape index (κ3) is 4.18. The van der Waals surface area contributed by atoms with Crippen molar-refractivity contribution in [3.63, 3.8) is 0 Å². The topological polar surface area (TPSA) is 87.1 Å². The maximum atomic E-state index is 13.5. The second-order valence-electron chi connectivity index (χ2n) is 7.47. The van der Waals surface area contributed by atoms with Gasteiger partial charge >= 0.3 is 12.1 Å². The Morgan fingerprint density at radius 3 is 2.68 bits per heavy atom. The van der Waals surface area contributed by atoms with Crippen LogP contribution in [0.25, 0.3) is 0 Å². The number of ether oxygens (including phenoxy) is 1. The number of hydrazone groups is 1. The molecular weight excluding hydrogens is 408 g/mol. The number of carbonyl (C=O) groups excluding carboxylic acids is 2. The van der Waals surface area contributed by atoms with E-state index >= 15 is 0 Å². The number of nitrogens with one attached hydrogen (secondary N) is 1. The fourth-order valence-corrected chi connectivity index (χ4v) is 3.54. The van der Waals surface area contributed by atoms with Crippen molar-refractivity contribution in [2.24, 2.45) is 5.10 Å². The van der Waals surface area contributed by atoms with E-state index in [2.05, 4.69) is 15.4 Å². The number of amides is 3. The molecule has 0 bridgehead atoms. The number of halogens is 2. The Hall–Kier alpha value is -3.56. The number of urea groups is 1. The van der Waals surface area contributed by atoms with Crippen molar-refractivity contribution < 1.29 is 23.1 Å². The van der Waals surface area contributed by atoms with E-state index in [9.17, 15) is 18.4 Å². The first kappa shape index (κ1) is 20.7. The standard InChI is InChI=1S/C21H21F2N5O3/c1-12-3-5-14(6-4-12)18-17(27-7-8-31-21(27)30)11-28(26-18)20(29)25-13(2)15-9-16(22)19(23)24-10-15/h3-6,9-10,13,17H,7-8,11H2,1-2H3,(H,25,29)/t13-,17+/m1/s1. The molecule has 10 heteroatoms. The van der Waals surface area contributed by atoms with E-state index in [1.165, 1.54) is 5.01 Å². The predicted octanol–water partition coefficient (Wildman–Crippen LogP) is 2.98. The highest BCUT2D eigenvalue weighted by atomic mass is 19.2. The second kappa shape index (κ2) is 8.29. The fraction of sp³-hybridized carbons (Fsp3) is 0.333. The van der Waals surface area contributed by atoms with Crippen molar-refractivity contribution in [2.75, 3.05) is 19.7 Å². The lowest BCUT2D eigenvalue weighted by Crippen LogP contribution is -2.46. The average Bonchev–Trinajstić information content (AvgIpc) is 3.36. The lowest BCUT2D eigenvalue weighted by molar-refractivity contribution is 0.150. The first-order chi connectivity index (χ1) is 14.8. The Morgan fingerprint density at radius 2 is 2.03 bits per heavy atom. The van der Waals surface area contributed by atoms with Gasteiger partial charge in [0.2, 0.25) is 5.95 Å². The average molecular weight is 429 g/mol. The molecule has 8 nitrogen and oxygen atoms in total. The number of aryl methyl sites for hydroxylation is 1. The van der Waals surface area contributed by atoms with Gasteiger partial charge in [0, 0.05) is 6.20 Å². The monoisotopic (exact) mass is 429 g/mol. The molecule has 4 rings (SSSR count). The molecule has 3 amide bonds. The van der Waals surface area contributed by atoms with Gasteiger partial charge < -0.3 is 10.1 Å². The van der Waals surface area contributed by atoms with E-state index in [1.54, 1.807) is 11.8 Å². The van der Waals surface area contributed by atoms with Crippen LogP contribution in [0.2, 0.25) is 0 Å². The molecule has 0 radical (unpaired) electrons. The van der Waals surface area contributed by atoms with Crippen molar-refractivity contribution in [1.29, 1.82) is 0 Å². The van der Waals surface area contributed by atoms with Crippen LogP contribution in [0.4, 0.5) is 18.4 Å². The van der Waals surface area contributed by atoms with Crippen LogP contribution in [0.1, 0.15) is 29.7 Å². The Kier molecular flexibility index (Phi) is 5.53. The van der Waals surface area contributed by atoms with Gasteiger partial charge in [-0.1, -0.05) is 29.8 Å². The number of hydrogen-bond donors (Lipinski definition) is 1. The van der Waals surface area contributed by atoms with Crippen molar-refractivity contribution in [3.8, 4) is 0 Å². The van der Waals surface area contributed by atoms with Crippen LogP contribution in [0.5, 0.6) is 0 Å². The first-order valence-electron chi connectivity index (χ1n) is 9.81. The number of cyclic esters (lactones) is 1. The largest absolute Gasteiger partial charge is 0.448 e. The van der Waals surface area contributed by atoms with Gasteiger partial charge in [0.15, 0.2) is 5.82 Å². The molecule has 0 aliphatic carbocycles. The Morgan fingerprint density at radius 1 is 1.29 bits per heavy atom. The molecule has 2 atom stereocenters. The Balaban J connectivity index is 1.55. The molecule has 3 heterocycles. The molecule has 1 aromatic carbocycles. The smallest absolute Gasteiger partial charge is 0.410 e. The van der Waals surface area contributed by atoms with E-state index in [0.717, 1.165) is 23.4 Å². The zero-order chi connectivity index (χ0) is 22.1. The van der Waals surface area contributed by atoms with Gasteiger partial charge in [-0.15, -0.1) is 0 Å². The summed E-state index contributed by atoms with van der Waals surface area (Å²) in [5.41, 5.74) is 2.76. The van der Waals surface area contributed by atoms with Gasteiger partial charge in [-0.25, -0.2) is 24.0 Å². The number of aromatic nitrogens is 1. The molecule has 2 aliphatic rings. The van der Waals surface area contributed by atoms with Gasteiger partial charge in [0.05, 0.1) is 30.9 Å². The maximum Gasteiger partial charge on any atom is 0.410 e. The second-order valence-corrected chi connectivity index (χ2v) is 7.47. The van der Waals surface area contributed by atoms with Crippen LogP contribution < -0.4 is 5.32 Å². The van der Waals surface area contributed by atoms with Gasteiger partial charge in [0.25, 0.3) is 0 Å². The van der Waals surface area contributed by atoms with E-state index in [4.69, 9.17) is 4.74 Å². The molecule has 0 unspecified atom stereocenters. The summed E-state index contributed by atoms with van der Waals surface area (Å²) in [4.78, 5) is 29.9. The summed E-state index contributed by atoms with van der Waals surface area (Å²) < 4.78 is 31.6. The molecule has 0 spiro atoms. The zero-order valence-corrected chi connectivity index (χ0v) is 17.0. The number of hydrogen-bond acceptors (Lipinski definition) is 5. The van der Waals surface area contributed by atoms with Crippen LogP contribution in [0, 0.1) is 18.7 Å². The zero-order valence-electron chi connectivity index (χ0n) is 17.0. The quantitative estimate of drug-likeness (QED) is 0.757. The van der Waals surface area contributed by atoms with Crippen molar-refractivity contribution in [2.45, 2.75) is 25.9 Å². The summed E-state index contributed by atoms with van der Waals surface area (Å²) in [6.45, 7) is 4.42. The van der Waals surface area contributed by atoms with Gasteiger partial charge in [0.1, 0.15) is 6.61 Å². The summed E-state index contributed by atoms with van der Waals surface area (Å²) in [6, 6.07) is 7.00. The molecule has 2 aromatic rings. The molecule has 0 saturated carbocycles. The summed E-state index contributed by atoms with van der Waals surface area (Å²) >= 11 is 0. The molecule has 1 saturated heterocycles. The fourth-order valence-electron chi connectivity index (χ4n) is 3.54. The van der Waals surface area contributed by atoms with Crippen LogP contribution in [0.3, 0.4) is 0 Å². The number of rotatable bonds is 4. The van der Waals surface area contributed by atoms with Crippen molar-refractivity contribution in [1.82, 2.24) is 20.2 Å². The molecule has 162 valence electrons. The minimum absolute atomic E-state index is 0.146. The highest BCUT2D eigenvalue weighted by molar-refractivity contribution is 6.07. The molecule has 31 heavy (non-hydrogen) atoms. The lowest BCUT2D eigenvalue weighted by atomic mass is 10.0. The highest BCUT2D eigenvalue weighted by Gasteiger charge is 2.40. The molecule has 1 fully saturated rings. The van der Waals surface area contributed by atoms with Crippen LogP contribution in [0.15, 0.2) is 41.6 Å². The minimum Gasteiger partial charge on any atom is -0.448 e. The maximum absolute atomic E-state index is 13.5.